The Labute approximate surface area is 56.2 Å². The van der Waals surface area contributed by atoms with Gasteiger partial charge in [-0.2, -0.15) is 0 Å². The van der Waals surface area contributed by atoms with Crippen molar-refractivity contribution in [2.75, 3.05) is 6.61 Å². The van der Waals surface area contributed by atoms with Crippen LogP contribution in [0.4, 0.5) is 0 Å². The Balaban J connectivity index is 3.17. The van der Waals surface area contributed by atoms with Crippen molar-refractivity contribution in [1.82, 2.24) is 0 Å². The zero-order valence-corrected chi connectivity index (χ0v) is 6.31. The van der Waals surface area contributed by atoms with Crippen molar-refractivity contribution in [1.29, 1.82) is 0 Å². The molecule has 0 spiro atoms. The van der Waals surface area contributed by atoms with Crippen LogP contribution in [0.25, 0.3) is 0 Å². The highest BCUT2D eigenvalue weighted by Gasteiger charge is 2.08. The summed E-state index contributed by atoms with van der Waals surface area (Å²) in [6, 6.07) is 0. The van der Waals surface area contributed by atoms with Crippen LogP contribution in [0.5, 0.6) is 0 Å². The number of hydrogen-bond donors (Lipinski definition) is 0. The molecule has 2 nitrogen and oxygen atoms in total. The second kappa shape index (κ2) is 3.49. The molecule has 0 N–H and O–H groups in total. The van der Waals surface area contributed by atoms with Gasteiger partial charge in [0.15, 0.2) is 0 Å². The number of carbonyl (C=O) groups is 1. The van der Waals surface area contributed by atoms with Gasteiger partial charge in [0.1, 0.15) is 0 Å². The van der Waals surface area contributed by atoms with Gasteiger partial charge in [-0.3, -0.25) is 4.79 Å². The number of rotatable bonds is 3. The summed E-state index contributed by atoms with van der Waals surface area (Å²) in [5, 5.41) is 0. The van der Waals surface area contributed by atoms with E-state index in [1.54, 1.807) is 0 Å². The van der Waals surface area contributed by atoms with Gasteiger partial charge in [0.05, 0.1) is 6.61 Å². The maximum absolute atomic E-state index is 9.67. The molecule has 9 heavy (non-hydrogen) atoms. The van der Waals surface area contributed by atoms with Gasteiger partial charge in [0.25, 0.3) is 6.47 Å². The molecule has 0 aromatic heterocycles. The Morgan fingerprint density at radius 1 is 1.44 bits per heavy atom. The molecule has 0 aliphatic heterocycles. The number of hydrogen-bond acceptors (Lipinski definition) is 2. The first kappa shape index (κ1) is 8.47. The predicted molar refractivity (Wildman–Crippen MR) is 36.1 cm³/mol. The van der Waals surface area contributed by atoms with Crippen LogP contribution in [0.1, 0.15) is 27.2 Å². The average molecular weight is 130 g/mol. The van der Waals surface area contributed by atoms with Gasteiger partial charge in [-0.05, 0) is 11.8 Å². The minimum absolute atomic E-state index is 0.267. The summed E-state index contributed by atoms with van der Waals surface area (Å²) < 4.78 is 4.53. The lowest BCUT2D eigenvalue weighted by atomic mass is 9.93. The molecule has 0 aliphatic rings. The molecule has 0 atom stereocenters. The van der Waals surface area contributed by atoms with E-state index in [0.29, 0.717) is 13.1 Å². The fourth-order valence-corrected chi connectivity index (χ4v) is 0.413. The molecular weight excluding hydrogens is 116 g/mol. The van der Waals surface area contributed by atoms with Gasteiger partial charge < -0.3 is 4.74 Å². The van der Waals surface area contributed by atoms with Crippen molar-refractivity contribution in [3.05, 3.63) is 0 Å². The van der Waals surface area contributed by atoms with Crippen LogP contribution in [-0.2, 0) is 9.53 Å². The maximum Gasteiger partial charge on any atom is 0.293 e. The Morgan fingerprint density at radius 3 is 2.33 bits per heavy atom. The Kier molecular flexibility index (Phi) is 3.28. The lowest BCUT2D eigenvalue weighted by molar-refractivity contribution is -0.129. The zero-order valence-electron chi connectivity index (χ0n) is 6.31. The Bertz CT molecular complexity index is 81.4. The van der Waals surface area contributed by atoms with Crippen LogP contribution in [0.15, 0.2) is 0 Å². The molecule has 0 radical (unpaired) electrons. The van der Waals surface area contributed by atoms with Crippen molar-refractivity contribution in [3.63, 3.8) is 0 Å². The van der Waals surface area contributed by atoms with Crippen molar-refractivity contribution >= 4 is 6.47 Å². The van der Waals surface area contributed by atoms with Gasteiger partial charge in [0.2, 0.25) is 0 Å². The first-order chi connectivity index (χ1) is 4.06. The molecule has 54 valence electrons. The molecular formula is C7H14O2. The molecule has 0 saturated heterocycles. The first-order valence-electron chi connectivity index (χ1n) is 3.11. The second-order valence-electron chi connectivity index (χ2n) is 3.28. The van der Waals surface area contributed by atoms with E-state index < -0.39 is 0 Å². The molecule has 0 fully saturated rings. The normalized spacial score (nSPS) is 11.0. The lowest BCUT2D eigenvalue weighted by Gasteiger charge is -2.16. The fourth-order valence-electron chi connectivity index (χ4n) is 0.413. The van der Waals surface area contributed by atoms with Crippen LogP contribution in [0.2, 0.25) is 0 Å². The SMILES string of the molecule is CC(C)(C)CCOC=O. The third-order valence-corrected chi connectivity index (χ3v) is 1.04. The topological polar surface area (TPSA) is 26.3 Å². The smallest absolute Gasteiger partial charge is 0.293 e. The highest BCUT2D eigenvalue weighted by atomic mass is 16.5. The van der Waals surface area contributed by atoms with E-state index >= 15 is 0 Å². The zero-order chi connectivity index (χ0) is 7.33. The van der Waals surface area contributed by atoms with Crippen LogP contribution in [-0.4, -0.2) is 13.1 Å². The third-order valence-electron chi connectivity index (χ3n) is 1.04. The average Bonchev–Trinajstić information content (AvgIpc) is 1.63. The molecule has 0 rings (SSSR count). The van der Waals surface area contributed by atoms with E-state index in [4.69, 9.17) is 0 Å². The van der Waals surface area contributed by atoms with Crippen LogP contribution < -0.4 is 0 Å². The van der Waals surface area contributed by atoms with E-state index in [2.05, 4.69) is 25.5 Å². The van der Waals surface area contributed by atoms with Gasteiger partial charge in [-0.1, -0.05) is 20.8 Å². The summed E-state index contributed by atoms with van der Waals surface area (Å²) >= 11 is 0. The largest absolute Gasteiger partial charge is 0.468 e. The van der Waals surface area contributed by atoms with Crippen molar-refractivity contribution < 1.29 is 9.53 Å². The van der Waals surface area contributed by atoms with Gasteiger partial charge in [-0.25, -0.2) is 0 Å². The first-order valence-corrected chi connectivity index (χ1v) is 3.11. The van der Waals surface area contributed by atoms with Crippen molar-refractivity contribution in [3.8, 4) is 0 Å². The summed E-state index contributed by atoms with van der Waals surface area (Å²) in [7, 11) is 0. The van der Waals surface area contributed by atoms with Gasteiger partial charge in [-0.15, -0.1) is 0 Å². The summed E-state index contributed by atoms with van der Waals surface area (Å²) in [5.41, 5.74) is 0.267. The molecule has 0 unspecified atom stereocenters. The lowest BCUT2D eigenvalue weighted by Crippen LogP contribution is -2.08. The van der Waals surface area contributed by atoms with E-state index in [1.807, 2.05) is 0 Å². The van der Waals surface area contributed by atoms with Crippen LogP contribution in [0, 0.1) is 5.41 Å². The number of carbonyl (C=O) groups excluding carboxylic acids is 1. The summed E-state index contributed by atoms with van der Waals surface area (Å²) in [5.74, 6) is 0. The molecule has 0 aliphatic carbocycles. The molecule has 0 saturated carbocycles. The van der Waals surface area contributed by atoms with E-state index in [9.17, 15) is 4.79 Å². The summed E-state index contributed by atoms with van der Waals surface area (Å²) in [4.78, 5) is 9.67. The second-order valence-corrected chi connectivity index (χ2v) is 3.28. The van der Waals surface area contributed by atoms with Crippen molar-refractivity contribution in [2.45, 2.75) is 27.2 Å². The summed E-state index contributed by atoms with van der Waals surface area (Å²) in [6.45, 7) is 7.36. The van der Waals surface area contributed by atoms with E-state index in [0.717, 1.165) is 6.42 Å². The summed E-state index contributed by atoms with van der Waals surface area (Å²) in [6.07, 6.45) is 0.922. The van der Waals surface area contributed by atoms with Crippen molar-refractivity contribution in [2.24, 2.45) is 5.41 Å². The minimum atomic E-state index is 0.267. The number of ether oxygens (including phenoxy) is 1. The third kappa shape index (κ3) is 7.47. The Hall–Kier alpha value is -0.530. The molecule has 2 heteroatoms. The minimum Gasteiger partial charge on any atom is -0.468 e. The van der Waals surface area contributed by atoms with Crippen LogP contribution >= 0.6 is 0 Å². The van der Waals surface area contributed by atoms with Crippen LogP contribution in [0.3, 0.4) is 0 Å². The fraction of sp³-hybridized carbons (Fsp3) is 0.857. The van der Waals surface area contributed by atoms with Gasteiger partial charge in [0, 0.05) is 0 Å². The quantitative estimate of drug-likeness (QED) is 0.428. The monoisotopic (exact) mass is 130 g/mol. The molecule has 0 bridgehead atoms. The molecule has 0 heterocycles. The molecule has 0 amide bonds. The maximum atomic E-state index is 9.67. The highest BCUT2D eigenvalue weighted by molar-refractivity contribution is 5.36. The van der Waals surface area contributed by atoms with Gasteiger partial charge >= 0.3 is 0 Å². The Morgan fingerprint density at radius 2 is 2.00 bits per heavy atom. The highest BCUT2D eigenvalue weighted by Crippen LogP contribution is 2.17. The predicted octanol–water partition coefficient (Wildman–Crippen LogP) is 1.60. The standard InChI is InChI=1S/C7H14O2/c1-7(2,3)4-5-9-6-8/h6H,4-5H2,1-3H3. The molecule has 0 aromatic rings. The molecule has 0 aromatic carbocycles. The van der Waals surface area contributed by atoms with E-state index in [1.165, 1.54) is 0 Å². The van der Waals surface area contributed by atoms with E-state index in [-0.39, 0.29) is 5.41 Å².